The highest BCUT2D eigenvalue weighted by atomic mass is 16.2. The maximum atomic E-state index is 12.6. The molecule has 5 heteroatoms. The predicted molar refractivity (Wildman–Crippen MR) is 112 cm³/mol. The first-order chi connectivity index (χ1) is 13.6. The standard InChI is InChI=1S/C23H27N3O2/c1-2-3-8-19-11-13-20(14-12-19)25-22(27)15-16-23(28)26(18-7-17-24)21-9-5-4-6-10-21/h4-6,9-14H,2-3,7-8,15-16,18H2,1H3,(H,25,27). The quantitative estimate of drug-likeness (QED) is 0.652. The van der Waals surface area contributed by atoms with Crippen molar-refractivity contribution in [2.24, 2.45) is 0 Å². The maximum Gasteiger partial charge on any atom is 0.227 e. The van der Waals surface area contributed by atoms with E-state index < -0.39 is 0 Å². The highest BCUT2D eigenvalue weighted by Crippen LogP contribution is 2.16. The van der Waals surface area contributed by atoms with Crippen molar-refractivity contribution >= 4 is 23.2 Å². The first kappa shape index (κ1) is 21.2. The summed E-state index contributed by atoms with van der Waals surface area (Å²) in [5.74, 6) is -0.352. The summed E-state index contributed by atoms with van der Waals surface area (Å²) in [6, 6.07) is 19.1. The second-order valence-electron chi connectivity index (χ2n) is 6.64. The van der Waals surface area contributed by atoms with Crippen LogP contribution in [0.5, 0.6) is 0 Å². The molecule has 0 radical (unpaired) electrons. The zero-order valence-corrected chi connectivity index (χ0v) is 16.4. The molecule has 5 nitrogen and oxygen atoms in total. The Bertz CT molecular complexity index is 795. The first-order valence-electron chi connectivity index (χ1n) is 9.75. The van der Waals surface area contributed by atoms with Gasteiger partial charge in [-0.2, -0.15) is 5.26 Å². The van der Waals surface area contributed by atoms with Gasteiger partial charge in [0.25, 0.3) is 0 Å². The summed E-state index contributed by atoms with van der Waals surface area (Å²) in [7, 11) is 0. The molecular weight excluding hydrogens is 350 g/mol. The van der Waals surface area contributed by atoms with Crippen LogP contribution in [-0.4, -0.2) is 18.4 Å². The minimum Gasteiger partial charge on any atom is -0.326 e. The SMILES string of the molecule is CCCCc1ccc(NC(=O)CCC(=O)N(CCC#N)c2ccccc2)cc1. The van der Waals surface area contributed by atoms with Crippen LogP contribution in [0.4, 0.5) is 11.4 Å². The van der Waals surface area contributed by atoms with Gasteiger partial charge in [0.1, 0.15) is 0 Å². The second kappa shape index (κ2) is 11.6. The Kier molecular flexibility index (Phi) is 8.74. The average molecular weight is 377 g/mol. The third kappa shape index (κ3) is 6.88. The van der Waals surface area contributed by atoms with E-state index in [1.165, 1.54) is 5.56 Å². The fourth-order valence-corrected chi connectivity index (χ4v) is 2.88. The van der Waals surface area contributed by atoms with Gasteiger partial charge in [-0.1, -0.05) is 43.7 Å². The van der Waals surface area contributed by atoms with E-state index in [2.05, 4.69) is 18.3 Å². The minimum absolute atomic E-state index is 0.0980. The van der Waals surface area contributed by atoms with Gasteiger partial charge in [0.15, 0.2) is 0 Å². The van der Waals surface area contributed by atoms with Gasteiger partial charge in [-0.3, -0.25) is 9.59 Å². The Morgan fingerprint density at radius 3 is 2.39 bits per heavy atom. The molecule has 0 aromatic heterocycles. The monoisotopic (exact) mass is 377 g/mol. The molecule has 1 N–H and O–H groups in total. The highest BCUT2D eigenvalue weighted by molar-refractivity contribution is 5.98. The van der Waals surface area contributed by atoms with Gasteiger partial charge >= 0.3 is 0 Å². The number of benzene rings is 2. The number of para-hydroxylation sites is 1. The van der Waals surface area contributed by atoms with E-state index in [9.17, 15) is 9.59 Å². The van der Waals surface area contributed by atoms with Gasteiger partial charge in [0.05, 0.1) is 12.5 Å². The number of unbranched alkanes of at least 4 members (excludes halogenated alkanes) is 1. The van der Waals surface area contributed by atoms with Crippen LogP contribution >= 0.6 is 0 Å². The Balaban J connectivity index is 1.87. The van der Waals surface area contributed by atoms with E-state index in [-0.39, 0.29) is 31.1 Å². The molecule has 0 fully saturated rings. The molecule has 0 bridgehead atoms. The molecule has 0 aliphatic carbocycles. The molecule has 28 heavy (non-hydrogen) atoms. The minimum atomic E-state index is -0.192. The van der Waals surface area contributed by atoms with Gasteiger partial charge in [0.2, 0.25) is 11.8 Å². The molecule has 0 spiro atoms. The fourth-order valence-electron chi connectivity index (χ4n) is 2.88. The molecule has 0 heterocycles. The van der Waals surface area contributed by atoms with E-state index in [1.807, 2.05) is 54.6 Å². The molecule has 0 unspecified atom stereocenters. The number of nitrogens with zero attached hydrogens (tertiary/aromatic N) is 2. The first-order valence-corrected chi connectivity index (χ1v) is 9.75. The summed E-state index contributed by atoms with van der Waals surface area (Å²) in [6.07, 6.45) is 3.79. The number of rotatable bonds is 10. The lowest BCUT2D eigenvalue weighted by Crippen LogP contribution is -2.32. The summed E-state index contributed by atoms with van der Waals surface area (Å²) in [5.41, 5.74) is 2.74. The lowest BCUT2D eigenvalue weighted by Gasteiger charge is -2.21. The van der Waals surface area contributed by atoms with E-state index in [4.69, 9.17) is 5.26 Å². The molecule has 2 aromatic carbocycles. The van der Waals surface area contributed by atoms with Crippen molar-refractivity contribution in [1.29, 1.82) is 5.26 Å². The van der Waals surface area contributed by atoms with E-state index in [1.54, 1.807) is 4.90 Å². The summed E-state index contributed by atoms with van der Waals surface area (Å²) < 4.78 is 0. The number of hydrogen-bond acceptors (Lipinski definition) is 3. The number of carbonyl (C=O) groups is 2. The number of nitriles is 1. The Morgan fingerprint density at radius 2 is 1.75 bits per heavy atom. The molecule has 0 saturated heterocycles. The molecular formula is C23H27N3O2. The molecule has 2 amide bonds. The van der Waals surface area contributed by atoms with Gasteiger partial charge < -0.3 is 10.2 Å². The zero-order valence-electron chi connectivity index (χ0n) is 16.4. The summed E-state index contributed by atoms with van der Waals surface area (Å²) >= 11 is 0. The molecule has 2 rings (SSSR count). The van der Waals surface area contributed by atoms with Crippen LogP contribution in [0.2, 0.25) is 0 Å². The Hall–Kier alpha value is -3.13. The number of hydrogen-bond donors (Lipinski definition) is 1. The topological polar surface area (TPSA) is 73.2 Å². The largest absolute Gasteiger partial charge is 0.326 e. The Morgan fingerprint density at radius 1 is 1.04 bits per heavy atom. The molecule has 0 saturated carbocycles. The van der Waals surface area contributed by atoms with Gasteiger partial charge in [-0.15, -0.1) is 0 Å². The molecule has 0 aliphatic heterocycles. The van der Waals surface area contributed by atoms with Gasteiger partial charge in [-0.25, -0.2) is 0 Å². The third-order valence-electron chi connectivity index (χ3n) is 4.44. The number of nitrogens with one attached hydrogen (secondary N) is 1. The van der Waals surface area contributed by atoms with Crippen LogP contribution in [0.1, 0.15) is 44.6 Å². The number of anilines is 2. The van der Waals surface area contributed by atoms with Gasteiger partial charge in [-0.05, 0) is 42.7 Å². The van der Waals surface area contributed by atoms with Crippen molar-refractivity contribution in [3.63, 3.8) is 0 Å². The van der Waals surface area contributed by atoms with E-state index in [0.717, 1.165) is 30.6 Å². The zero-order chi connectivity index (χ0) is 20.2. The van der Waals surface area contributed by atoms with E-state index in [0.29, 0.717) is 6.54 Å². The average Bonchev–Trinajstić information content (AvgIpc) is 2.73. The molecule has 0 aliphatic rings. The normalized spacial score (nSPS) is 10.1. The predicted octanol–water partition coefficient (Wildman–Crippen LogP) is 4.69. The number of carbonyl (C=O) groups excluding carboxylic acids is 2. The smallest absolute Gasteiger partial charge is 0.227 e. The summed E-state index contributed by atoms with van der Waals surface area (Å²) in [4.78, 5) is 26.4. The van der Waals surface area contributed by atoms with Crippen molar-refractivity contribution in [3.8, 4) is 6.07 Å². The highest BCUT2D eigenvalue weighted by Gasteiger charge is 2.16. The second-order valence-corrected chi connectivity index (χ2v) is 6.64. The summed E-state index contributed by atoms with van der Waals surface area (Å²) in [6.45, 7) is 2.48. The van der Waals surface area contributed by atoms with Crippen LogP contribution in [0, 0.1) is 11.3 Å². The molecule has 2 aromatic rings. The van der Waals surface area contributed by atoms with Crippen LogP contribution in [0.15, 0.2) is 54.6 Å². The van der Waals surface area contributed by atoms with Crippen molar-refractivity contribution in [1.82, 2.24) is 0 Å². The van der Waals surface area contributed by atoms with E-state index >= 15 is 0 Å². The maximum absolute atomic E-state index is 12.6. The number of amides is 2. The third-order valence-corrected chi connectivity index (χ3v) is 4.44. The lowest BCUT2D eigenvalue weighted by molar-refractivity contribution is -0.122. The van der Waals surface area contributed by atoms with Crippen molar-refractivity contribution in [2.75, 3.05) is 16.8 Å². The van der Waals surface area contributed by atoms with Gasteiger partial charge in [0, 0.05) is 30.8 Å². The van der Waals surface area contributed by atoms with Crippen molar-refractivity contribution in [3.05, 3.63) is 60.2 Å². The van der Waals surface area contributed by atoms with Crippen molar-refractivity contribution < 1.29 is 9.59 Å². The van der Waals surface area contributed by atoms with Crippen molar-refractivity contribution in [2.45, 2.75) is 45.4 Å². The summed E-state index contributed by atoms with van der Waals surface area (Å²) in [5, 5.41) is 11.7. The van der Waals surface area contributed by atoms with Crippen LogP contribution in [0.3, 0.4) is 0 Å². The number of aryl methyl sites for hydroxylation is 1. The Labute approximate surface area is 167 Å². The molecule has 0 atom stereocenters. The van der Waals surface area contributed by atoms with Crippen LogP contribution in [0.25, 0.3) is 0 Å². The van der Waals surface area contributed by atoms with Crippen LogP contribution in [-0.2, 0) is 16.0 Å². The fraction of sp³-hybridized carbons (Fsp3) is 0.348. The molecule has 146 valence electrons. The lowest BCUT2D eigenvalue weighted by atomic mass is 10.1. The van der Waals surface area contributed by atoms with Crippen LogP contribution < -0.4 is 10.2 Å².